The molecular weight excluding hydrogens is 366 g/mol. The lowest BCUT2D eigenvalue weighted by Gasteiger charge is -2.36. The van der Waals surface area contributed by atoms with Crippen LogP contribution in [0, 0.1) is 5.92 Å². The molecule has 154 valence electrons. The summed E-state index contributed by atoms with van der Waals surface area (Å²) in [6, 6.07) is 14.9. The number of methoxy groups -OCH3 is 1. The van der Waals surface area contributed by atoms with E-state index in [9.17, 15) is 9.59 Å². The van der Waals surface area contributed by atoms with Crippen molar-refractivity contribution in [1.29, 1.82) is 0 Å². The van der Waals surface area contributed by atoms with Gasteiger partial charge in [0.15, 0.2) is 0 Å². The highest BCUT2D eigenvalue weighted by molar-refractivity contribution is 5.97. The third kappa shape index (κ3) is 5.28. The molecule has 0 unspecified atom stereocenters. The fourth-order valence-electron chi connectivity index (χ4n) is 3.31. The summed E-state index contributed by atoms with van der Waals surface area (Å²) in [7, 11) is 1.66. The topological polar surface area (TPSA) is 61.9 Å². The third-order valence-electron chi connectivity index (χ3n) is 5.07. The zero-order chi connectivity index (χ0) is 20.8. The molecule has 1 saturated heterocycles. The van der Waals surface area contributed by atoms with Gasteiger partial charge in [-0.3, -0.25) is 9.59 Å². The van der Waals surface area contributed by atoms with Gasteiger partial charge >= 0.3 is 0 Å². The second kappa shape index (κ2) is 9.45. The Labute approximate surface area is 172 Å². The Morgan fingerprint density at radius 2 is 1.52 bits per heavy atom. The fourth-order valence-corrected chi connectivity index (χ4v) is 3.31. The average Bonchev–Trinajstić information content (AvgIpc) is 2.77. The Morgan fingerprint density at radius 1 is 0.931 bits per heavy atom. The summed E-state index contributed by atoms with van der Waals surface area (Å²) < 4.78 is 5.20. The van der Waals surface area contributed by atoms with E-state index in [4.69, 9.17) is 4.74 Å². The summed E-state index contributed by atoms with van der Waals surface area (Å²) in [5, 5.41) is 2.89. The quantitative estimate of drug-likeness (QED) is 0.817. The van der Waals surface area contributed by atoms with Crippen molar-refractivity contribution in [2.75, 3.05) is 44.7 Å². The number of carbonyl (C=O) groups is 2. The van der Waals surface area contributed by atoms with Crippen LogP contribution in [0.2, 0.25) is 0 Å². The maximum Gasteiger partial charge on any atom is 0.253 e. The van der Waals surface area contributed by atoms with Crippen molar-refractivity contribution in [2.45, 2.75) is 13.8 Å². The van der Waals surface area contributed by atoms with E-state index in [1.54, 1.807) is 31.4 Å². The number of anilines is 1. The highest BCUT2D eigenvalue weighted by Gasteiger charge is 2.22. The van der Waals surface area contributed by atoms with Crippen LogP contribution < -0.4 is 15.0 Å². The van der Waals surface area contributed by atoms with Gasteiger partial charge in [0.2, 0.25) is 0 Å². The molecular formula is C23H29N3O3. The monoisotopic (exact) mass is 395 g/mol. The van der Waals surface area contributed by atoms with Crippen LogP contribution in [0.1, 0.15) is 34.6 Å². The van der Waals surface area contributed by atoms with Crippen LogP contribution in [0.4, 0.5) is 5.69 Å². The van der Waals surface area contributed by atoms with Crippen LogP contribution in [0.15, 0.2) is 48.5 Å². The van der Waals surface area contributed by atoms with Crippen LogP contribution in [0.5, 0.6) is 5.75 Å². The van der Waals surface area contributed by atoms with Gasteiger partial charge in [0.05, 0.1) is 7.11 Å². The van der Waals surface area contributed by atoms with E-state index < -0.39 is 0 Å². The molecule has 0 aromatic heterocycles. The van der Waals surface area contributed by atoms with E-state index in [0.29, 0.717) is 36.7 Å². The number of hydrogen-bond donors (Lipinski definition) is 1. The molecule has 2 amide bonds. The van der Waals surface area contributed by atoms with Gasteiger partial charge in [-0.25, -0.2) is 0 Å². The van der Waals surface area contributed by atoms with Gasteiger partial charge in [0, 0.05) is 49.5 Å². The molecule has 1 heterocycles. The van der Waals surface area contributed by atoms with Gasteiger partial charge in [-0.05, 0) is 54.4 Å². The van der Waals surface area contributed by atoms with E-state index in [-0.39, 0.29) is 11.8 Å². The van der Waals surface area contributed by atoms with Gasteiger partial charge in [-0.1, -0.05) is 13.8 Å². The summed E-state index contributed by atoms with van der Waals surface area (Å²) in [4.78, 5) is 29.1. The van der Waals surface area contributed by atoms with E-state index in [1.165, 1.54) is 0 Å². The lowest BCUT2D eigenvalue weighted by atomic mass is 10.1. The second-order valence-corrected chi connectivity index (χ2v) is 7.66. The summed E-state index contributed by atoms with van der Waals surface area (Å²) in [5.41, 5.74) is 2.32. The molecule has 1 aliphatic rings. The normalized spacial score (nSPS) is 14.1. The zero-order valence-corrected chi connectivity index (χ0v) is 17.4. The first-order chi connectivity index (χ1) is 14.0. The number of nitrogens with one attached hydrogen (secondary N) is 1. The fraction of sp³-hybridized carbons (Fsp3) is 0.391. The van der Waals surface area contributed by atoms with E-state index in [1.807, 2.05) is 29.2 Å². The highest BCUT2D eigenvalue weighted by atomic mass is 16.5. The standard InChI is InChI=1S/C23H29N3O3/c1-17(2)16-24-22(27)18-4-6-19(7-5-18)23(28)26-14-12-25(13-15-26)20-8-10-21(29-3)11-9-20/h4-11,17H,12-16H2,1-3H3,(H,24,27). The Morgan fingerprint density at radius 3 is 2.07 bits per heavy atom. The molecule has 2 aromatic rings. The predicted octanol–water partition coefficient (Wildman–Crippen LogP) is 3.04. The molecule has 1 N–H and O–H groups in total. The van der Waals surface area contributed by atoms with Gasteiger partial charge in [0.25, 0.3) is 11.8 Å². The van der Waals surface area contributed by atoms with Gasteiger partial charge in [0.1, 0.15) is 5.75 Å². The van der Waals surface area contributed by atoms with Crippen molar-refractivity contribution in [1.82, 2.24) is 10.2 Å². The van der Waals surface area contributed by atoms with Crippen molar-refractivity contribution in [3.63, 3.8) is 0 Å². The van der Waals surface area contributed by atoms with Gasteiger partial charge in [-0.2, -0.15) is 0 Å². The molecule has 0 aliphatic carbocycles. The molecule has 1 aliphatic heterocycles. The Bertz CT molecular complexity index is 823. The van der Waals surface area contributed by atoms with E-state index in [0.717, 1.165) is 24.5 Å². The van der Waals surface area contributed by atoms with Gasteiger partial charge in [-0.15, -0.1) is 0 Å². The lowest BCUT2D eigenvalue weighted by molar-refractivity contribution is 0.0746. The molecule has 6 nitrogen and oxygen atoms in total. The molecule has 29 heavy (non-hydrogen) atoms. The molecule has 1 fully saturated rings. The number of carbonyl (C=O) groups excluding carboxylic acids is 2. The highest BCUT2D eigenvalue weighted by Crippen LogP contribution is 2.21. The molecule has 3 rings (SSSR count). The van der Waals surface area contributed by atoms with Crippen LogP contribution in [-0.4, -0.2) is 56.5 Å². The maximum absolute atomic E-state index is 12.8. The van der Waals surface area contributed by atoms with Crippen molar-refractivity contribution < 1.29 is 14.3 Å². The first-order valence-electron chi connectivity index (χ1n) is 10.0. The Balaban J connectivity index is 1.55. The van der Waals surface area contributed by atoms with Crippen LogP contribution >= 0.6 is 0 Å². The van der Waals surface area contributed by atoms with E-state index in [2.05, 4.69) is 24.1 Å². The van der Waals surface area contributed by atoms with E-state index >= 15 is 0 Å². The summed E-state index contributed by atoms with van der Waals surface area (Å²) >= 11 is 0. The smallest absolute Gasteiger partial charge is 0.253 e. The summed E-state index contributed by atoms with van der Waals surface area (Å²) in [6.45, 7) is 7.65. The summed E-state index contributed by atoms with van der Waals surface area (Å²) in [6.07, 6.45) is 0. The number of amides is 2. The molecule has 2 aromatic carbocycles. The number of piperazine rings is 1. The first kappa shape index (κ1) is 20.7. The molecule has 0 radical (unpaired) electrons. The van der Waals surface area contributed by atoms with Crippen molar-refractivity contribution >= 4 is 17.5 Å². The van der Waals surface area contributed by atoms with Crippen molar-refractivity contribution in [3.05, 3.63) is 59.7 Å². The third-order valence-corrected chi connectivity index (χ3v) is 5.07. The SMILES string of the molecule is COc1ccc(N2CCN(C(=O)c3ccc(C(=O)NCC(C)C)cc3)CC2)cc1. The van der Waals surface area contributed by atoms with Crippen molar-refractivity contribution in [3.8, 4) is 5.75 Å². The van der Waals surface area contributed by atoms with Crippen LogP contribution in [-0.2, 0) is 0 Å². The minimum atomic E-state index is -0.106. The average molecular weight is 396 g/mol. The van der Waals surface area contributed by atoms with Gasteiger partial charge < -0.3 is 19.9 Å². The molecule has 0 bridgehead atoms. The number of rotatable bonds is 6. The Kier molecular flexibility index (Phi) is 6.75. The molecule has 0 spiro atoms. The lowest BCUT2D eigenvalue weighted by Crippen LogP contribution is -2.48. The molecule has 0 atom stereocenters. The predicted molar refractivity (Wildman–Crippen MR) is 115 cm³/mol. The number of nitrogens with zero attached hydrogens (tertiary/aromatic N) is 2. The largest absolute Gasteiger partial charge is 0.497 e. The first-order valence-corrected chi connectivity index (χ1v) is 10.0. The molecule has 6 heteroatoms. The van der Waals surface area contributed by atoms with Crippen LogP contribution in [0.25, 0.3) is 0 Å². The minimum Gasteiger partial charge on any atom is -0.497 e. The Hall–Kier alpha value is -3.02. The molecule has 0 saturated carbocycles. The maximum atomic E-state index is 12.8. The zero-order valence-electron chi connectivity index (χ0n) is 17.4. The minimum absolute atomic E-state index is 0.00789. The number of hydrogen-bond acceptors (Lipinski definition) is 4. The van der Waals surface area contributed by atoms with Crippen molar-refractivity contribution in [2.24, 2.45) is 5.92 Å². The van der Waals surface area contributed by atoms with Crippen LogP contribution in [0.3, 0.4) is 0 Å². The number of benzene rings is 2. The number of ether oxygens (including phenoxy) is 1. The summed E-state index contributed by atoms with van der Waals surface area (Å²) in [5.74, 6) is 1.14. The second-order valence-electron chi connectivity index (χ2n) is 7.66.